The molecule has 5 heteroatoms. The molecule has 3 nitrogen and oxygen atoms in total. The number of ether oxygens (including phenoxy) is 1. The smallest absolute Gasteiger partial charge is 0.197 e. The molecule has 84 valence electrons. The third kappa shape index (κ3) is 2.02. The van der Waals surface area contributed by atoms with Crippen LogP contribution in [0.5, 0.6) is 11.5 Å². The highest BCUT2D eigenvalue weighted by Gasteiger charge is 2.29. The minimum Gasteiger partial charge on any atom is -0.504 e. The van der Waals surface area contributed by atoms with Crippen LogP contribution in [0.1, 0.15) is 19.4 Å². The summed E-state index contributed by atoms with van der Waals surface area (Å²) >= 11 is 0. The number of hydrogen-bond donors (Lipinski definition) is 2. The number of phenolic OH excluding ortho intramolecular Hbond substituents is 1. The number of hydrogen-bond acceptors (Lipinski definition) is 3. The van der Waals surface area contributed by atoms with Crippen molar-refractivity contribution in [3.8, 4) is 11.5 Å². The van der Waals surface area contributed by atoms with Gasteiger partial charge in [-0.1, -0.05) is 0 Å². The van der Waals surface area contributed by atoms with Gasteiger partial charge in [0.25, 0.3) is 0 Å². The van der Waals surface area contributed by atoms with Crippen molar-refractivity contribution in [1.82, 2.24) is 0 Å². The van der Waals surface area contributed by atoms with Crippen molar-refractivity contribution in [3.63, 3.8) is 0 Å². The third-order valence-corrected chi connectivity index (χ3v) is 1.98. The number of methoxy groups -OCH3 is 1. The molecule has 0 atom stereocenters. The maximum Gasteiger partial charge on any atom is 0.197 e. The summed E-state index contributed by atoms with van der Waals surface area (Å²) in [4.78, 5) is 0. The van der Waals surface area contributed by atoms with E-state index in [1.165, 1.54) is 13.8 Å². The standard InChI is InChI=1S/C10H12F2O3/c1-10(2,14)7-5(11)4-6(12)9(15-3)8(7)13/h4,13-14H,1-3H3. The number of halogens is 2. The van der Waals surface area contributed by atoms with Crippen LogP contribution in [0.15, 0.2) is 6.07 Å². The molecule has 1 aromatic carbocycles. The molecule has 0 saturated heterocycles. The van der Waals surface area contributed by atoms with Gasteiger partial charge in [-0.05, 0) is 13.8 Å². The Hall–Kier alpha value is -1.36. The number of aromatic hydroxyl groups is 1. The zero-order chi connectivity index (χ0) is 11.8. The lowest BCUT2D eigenvalue weighted by Crippen LogP contribution is -2.18. The van der Waals surface area contributed by atoms with E-state index in [1.807, 2.05) is 0 Å². The molecule has 0 unspecified atom stereocenters. The zero-order valence-electron chi connectivity index (χ0n) is 8.64. The van der Waals surface area contributed by atoms with Gasteiger partial charge < -0.3 is 14.9 Å². The largest absolute Gasteiger partial charge is 0.504 e. The lowest BCUT2D eigenvalue weighted by atomic mass is 9.96. The second-order valence-electron chi connectivity index (χ2n) is 3.66. The molecule has 1 aromatic rings. The number of rotatable bonds is 2. The topological polar surface area (TPSA) is 49.7 Å². The van der Waals surface area contributed by atoms with Crippen molar-refractivity contribution in [2.24, 2.45) is 0 Å². The summed E-state index contributed by atoms with van der Waals surface area (Å²) < 4.78 is 30.9. The number of aliphatic hydroxyl groups is 1. The fraction of sp³-hybridized carbons (Fsp3) is 0.400. The molecular formula is C10H12F2O3. The highest BCUT2D eigenvalue weighted by molar-refractivity contribution is 5.49. The normalized spacial score (nSPS) is 11.6. The Morgan fingerprint density at radius 1 is 1.27 bits per heavy atom. The summed E-state index contributed by atoms with van der Waals surface area (Å²) in [6.07, 6.45) is 0. The van der Waals surface area contributed by atoms with Crippen molar-refractivity contribution in [2.45, 2.75) is 19.4 Å². The van der Waals surface area contributed by atoms with E-state index >= 15 is 0 Å². The average Bonchev–Trinajstić information content (AvgIpc) is 2.00. The minimum absolute atomic E-state index is 0.388. The lowest BCUT2D eigenvalue weighted by molar-refractivity contribution is 0.0708. The molecule has 0 spiro atoms. The number of benzene rings is 1. The van der Waals surface area contributed by atoms with Crippen LogP contribution in [0.4, 0.5) is 8.78 Å². The molecule has 0 fully saturated rings. The molecule has 0 bridgehead atoms. The van der Waals surface area contributed by atoms with Crippen molar-refractivity contribution < 1.29 is 23.7 Å². The minimum atomic E-state index is -1.62. The van der Waals surface area contributed by atoms with Crippen LogP contribution >= 0.6 is 0 Å². The molecular weight excluding hydrogens is 206 g/mol. The summed E-state index contributed by atoms with van der Waals surface area (Å²) in [5, 5.41) is 19.1. The molecule has 1 rings (SSSR count). The first-order valence-electron chi connectivity index (χ1n) is 4.26. The highest BCUT2D eigenvalue weighted by Crippen LogP contribution is 2.39. The summed E-state index contributed by atoms with van der Waals surface area (Å²) in [6.45, 7) is 2.56. The molecule has 0 saturated carbocycles. The fourth-order valence-electron chi connectivity index (χ4n) is 1.36. The van der Waals surface area contributed by atoms with Crippen LogP contribution < -0.4 is 4.74 Å². The van der Waals surface area contributed by atoms with Crippen LogP contribution in [0, 0.1) is 11.6 Å². The summed E-state index contributed by atoms with van der Waals surface area (Å²) in [5.41, 5.74) is -2.00. The van der Waals surface area contributed by atoms with E-state index in [1.54, 1.807) is 0 Å². The molecule has 0 aliphatic rings. The van der Waals surface area contributed by atoms with Gasteiger partial charge in [0, 0.05) is 6.07 Å². The molecule has 2 N–H and O–H groups in total. The van der Waals surface area contributed by atoms with Gasteiger partial charge in [0.1, 0.15) is 5.82 Å². The van der Waals surface area contributed by atoms with Gasteiger partial charge in [-0.3, -0.25) is 0 Å². The monoisotopic (exact) mass is 218 g/mol. The lowest BCUT2D eigenvalue weighted by Gasteiger charge is -2.21. The Bertz CT molecular complexity index is 383. The van der Waals surface area contributed by atoms with Gasteiger partial charge in [-0.15, -0.1) is 0 Å². The van der Waals surface area contributed by atoms with Gasteiger partial charge in [0.15, 0.2) is 17.3 Å². The quantitative estimate of drug-likeness (QED) is 0.797. The number of phenols is 1. The van der Waals surface area contributed by atoms with E-state index in [4.69, 9.17) is 0 Å². The molecule has 0 amide bonds. The van der Waals surface area contributed by atoms with Gasteiger partial charge in [-0.25, -0.2) is 8.78 Å². The second kappa shape index (κ2) is 3.66. The van der Waals surface area contributed by atoms with E-state index in [2.05, 4.69) is 4.74 Å². The van der Waals surface area contributed by atoms with Crippen LogP contribution in [0.2, 0.25) is 0 Å². The first kappa shape index (κ1) is 11.7. The van der Waals surface area contributed by atoms with Crippen molar-refractivity contribution >= 4 is 0 Å². The summed E-state index contributed by atoms with van der Waals surface area (Å²) in [6, 6.07) is 0.561. The van der Waals surface area contributed by atoms with Gasteiger partial charge in [0.2, 0.25) is 0 Å². The summed E-state index contributed by atoms with van der Waals surface area (Å²) in [7, 11) is 1.14. The van der Waals surface area contributed by atoms with E-state index < -0.39 is 28.7 Å². The summed E-state index contributed by atoms with van der Waals surface area (Å²) in [5.74, 6) is -3.23. The maximum absolute atomic E-state index is 13.3. The molecule has 15 heavy (non-hydrogen) atoms. The first-order valence-corrected chi connectivity index (χ1v) is 4.26. The van der Waals surface area contributed by atoms with Crippen LogP contribution in [0.25, 0.3) is 0 Å². The predicted octanol–water partition coefficient (Wildman–Crippen LogP) is 1.91. The van der Waals surface area contributed by atoms with E-state index in [0.29, 0.717) is 6.07 Å². The Balaban J connectivity index is 3.53. The predicted molar refractivity (Wildman–Crippen MR) is 49.8 cm³/mol. The Labute approximate surface area is 85.9 Å². The van der Waals surface area contributed by atoms with Crippen LogP contribution in [0.3, 0.4) is 0 Å². The first-order chi connectivity index (χ1) is 6.79. The molecule has 0 aromatic heterocycles. The fourth-order valence-corrected chi connectivity index (χ4v) is 1.36. The van der Waals surface area contributed by atoms with Crippen molar-refractivity contribution in [3.05, 3.63) is 23.3 Å². The molecule has 0 radical (unpaired) electrons. The Morgan fingerprint density at radius 2 is 1.80 bits per heavy atom. The van der Waals surface area contributed by atoms with Crippen LogP contribution in [-0.2, 0) is 5.60 Å². The molecule has 0 aliphatic heterocycles. The van der Waals surface area contributed by atoms with E-state index in [9.17, 15) is 19.0 Å². The van der Waals surface area contributed by atoms with Crippen molar-refractivity contribution in [1.29, 1.82) is 0 Å². The molecule has 0 aliphatic carbocycles. The highest BCUT2D eigenvalue weighted by atomic mass is 19.1. The van der Waals surface area contributed by atoms with Gasteiger partial charge in [-0.2, -0.15) is 0 Å². The third-order valence-electron chi connectivity index (χ3n) is 1.98. The zero-order valence-corrected chi connectivity index (χ0v) is 8.64. The average molecular weight is 218 g/mol. The Kier molecular flexibility index (Phi) is 2.86. The Morgan fingerprint density at radius 3 is 2.20 bits per heavy atom. The van der Waals surface area contributed by atoms with E-state index in [0.717, 1.165) is 7.11 Å². The van der Waals surface area contributed by atoms with Crippen molar-refractivity contribution in [2.75, 3.05) is 7.11 Å². The maximum atomic E-state index is 13.3. The SMILES string of the molecule is COc1c(F)cc(F)c(C(C)(C)O)c1O. The van der Waals surface area contributed by atoms with Gasteiger partial charge >= 0.3 is 0 Å². The van der Waals surface area contributed by atoms with Crippen LogP contribution in [-0.4, -0.2) is 17.3 Å². The second-order valence-corrected chi connectivity index (χ2v) is 3.66. The van der Waals surface area contributed by atoms with E-state index in [-0.39, 0.29) is 5.56 Å². The van der Waals surface area contributed by atoms with Gasteiger partial charge in [0.05, 0.1) is 18.3 Å². The molecule has 0 heterocycles.